The number of carbonyl (C=O) groups is 1. The average molecular weight is 330 g/mol. The van der Waals surface area contributed by atoms with E-state index in [9.17, 15) is 4.79 Å². The van der Waals surface area contributed by atoms with Crippen molar-refractivity contribution in [2.45, 2.75) is 13.3 Å². The molecule has 0 aliphatic heterocycles. The molecule has 0 aliphatic rings. The van der Waals surface area contributed by atoms with Gasteiger partial charge in [-0.2, -0.15) is 0 Å². The summed E-state index contributed by atoms with van der Waals surface area (Å²) >= 11 is 10.9. The van der Waals surface area contributed by atoms with E-state index in [2.05, 4.69) is 15.9 Å². The van der Waals surface area contributed by atoms with Gasteiger partial charge >= 0.3 is 0 Å². The Bertz CT molecular complexity index is 562. The number of halogens is 2. The van der Waals surface area contributed by atoms with Crippen molar-refractivity contribution in [1.82, 2.24) is 0 Å². The van der Waals surface area contributed by atoms with E-state index in [1.165, 1.54) is 0 Å². The van der Waals surface area contributed by atoms with Crippen molar-refractivity contribution in [3.05, 3.63) is 55.1 Å². The normalized spacial score (nSPS) is 10.5. The summed E-state index contributed by atoms with van der Waals surface area (Å²) in [7, 11) is 0. The van der Waals surface area contributed by atoms with E-state index in [-0.39, 0.29) is 5.78 Å². The first-order valence-electron chi connectivity index (χ1n) is 5.10. The third-order valence-corrected chi connectivity index (χ3v) is 4.23. The monoisotopic (exact) mass is 328 g/mol. The number of benzene rings is 1. The molecule has 0 radical (unpaired) electrons. The Labute approximate surface area is 118 Å². The summed E-state index contributed by atoms with van der Waals surface area (Å²) in [5, 5.41) is 0.665. The number of carbonyl (C=O) groups excluding carboxylic acids is 1. The lowest BCUT2D eigenvalue weighted by Crippen LogP contribution is -2.03. The fraction of sp³-hybridized carbons (Fsp3) is 0.154. The smallest absolute Gasteiger partial charge is 0.168 e. The Hall–Kier alpha value is -0.640. The molecule has 2 rings (SSSR count). The minimum absolute atomic E-state index is 0.131. The molecule has 0 atom stereocenters. The van der Waals surface area contributed by atoms with Crippen LogP contribution in [0.5, 0.6) is 0 Å². The number of rotatable bonds is 3. The SMILES string of the molecule is Cc1sc(Br)cc1C(=O)Cc1cccc(Cl)c1. The summed E-state index contributed by atoms with van der Waals surface area (Å²) < 4.78 is 0.990. The number of aryl methyl sites for hydroxylation is 1. The Morgan fingerprint density at radius 3 is 2.76 bits per heavy atom. The second-order valence-electron chi connectivity index (χ2n) is 3.75. The fourth-order valence-corrected chi connectivity index (χ4v) is 3.57. The first-order valence-corrected chi connectivity index (χ1v) is 7.08. The van der Waals surface area contributed by atoms with Gasteiger partial charge in [0, 0.05) is 21.9 Å². The van der Waals surface area contributed by atoms with Gasteiger partial charge < -0.3 is 0 Å². The van der Waals surface area contributed by atoms with Gasteiger partial charge in [0.05, 0.1) is 3.79 Å². The molecule has 0 saturated heterocycles. The van der Waals surface area contributed by atoms with Crippen molar-refractivity contribution in [1.29, 1.82) is 0 Å². The highest BCUT2D eigenvalue weighted by Gasteiger charge is 2.13. The number of Topliss-reactive ketones (excluding diaryl/α,β-unsaturated/α-hetero) is 1. The minimum Gasteiger partial charge on any atom is -0.294 e. The fourth-order valence-electron chi connectivity index (χ4n) is 1.65. The van der Waals surface area contributed by atoms with E-state index >= 15 is 0 Å². The molecule has 2 aromatic rings. The summed E-state index contributed by atoms with van der Waals surface area (Å²) in [4.78, 5) is 13.1. The summed E-state index contributed by atoms with van der Waals surface area (Å²) in [6, 6.07) is 9.30. The molecule has 88 valence electrons. The maximum atomic E-state index is 12.1. The first-order chi connectivity index (χ1) is 8.06. The molecule has 1 heterocycles. The molecule has 0 N–H and O–H groups in total. The van der Waals surface area contributed by atoms with E-state index in [4.69, 9.17) is 11.6 Å². The van der Waals surface area contributed by atoms with Gasteiger partial charge in [-0.1, -0.05) is 23.7 Å². The predicted octanol–water partition coefficient (Wildman–Crippen LogP) is 4.90. The van der Waals surface area contributed by atoms with Crippen LogP contribution in [0.4, 0.5) is 0 Å². The topological polar surface area (TPSA) is 17.1 Å². The van der Waals surface area contributed by atoms with Crippen molar-refractivity contribution < 1.29 is 4.79 Å². The summed E-state index contributed by atoms with van der Waals surface area (Å²) in [6.45, 7) is 1.96. The molecule has 0 bridgehead atoms. The molecular formula is C13H10BrClOS. The predicted molar refractivity (Wildman–Crippen MR) is 76.2 cm³/mol. The van der Waals surface area contributed by atoms with E-state index in [0.717, 1.165) is 19.8 Å². The quantitative estimate of drug-likeness (QED) is 0.732. The number of thiophene rings is 1. The average Bonchev–Trinajstić information content (AvgIpc) is 2.58. The molecule has 1 aromatic carbocycles. The Balaban J connectivity index is 2.20. The van der Waals surface area contributed by atoms with Crippen LogP contribution in [0.15, 0.2) is 34.1 Å². The van der Waals surface area contributed by atoms with Gasteiger partial charge in [0.15, 0.2) is 5.78 Å². The van der Waals surface area contributed by atoms with E-state index in [0.29, 0.717) is 11.4 Å². The van der Waals surface area contributed by atoms with Crippen LogP contribution in [0.25, 0.3) is 0 Å². The molecule has 1 nitrogen and oxygen atoms in total. The Kier molecular flexibility index (Phi) is 4.02. The van der Waals surface area contributed by atoms with Crippen LogP contribution in [-0.2, 0) is 6.42 Å². The van der Waals surface area contributed by atoms with Gasteiger partial charge in [0.1, 0.15) is 0 Å². The van der Waals surface area contributed by atoms with Crippen molar-refractivity contribution in [2.75, 3.05) is 0 Å². The number of hydrogen-bond acceptors (Lipinski definition) is 2. The molecular weight excluding hydrogens is 320 g/mol. The van der Waals surface area contributed by atoms with Crippen LogP contribution in [0.1, 0.15) is 20.8 Å². The van der Waals surface area contributed by atoms with Gasteiger partial charge in [-0.25, -0.2) is 0 Å². The second kappa shape index (κ2) is 5.34. The summed E-state index contributed by atoms with van der Waals surface area (Å²) in [6.07, 6.45) is 0.393. The largest absolute Gasteiger partial charge is 0.294 e. The van der Waals surface area contributed by atoms with E-state index in [1.807, 2.05) is 37.3 Å². The van der Waals surface area contributed by atoms with Crippen molar-refractivity contribution in [3.63, 3.8) is 0 Å². The number of hydrogen-bond donors (Lipinski definition) is 0. The van der Waals surface area contributed by atoms with Crippen LogP contribution in [0.3, 0.4) is 0 Å². The van der Waals surface area contributed by atoms with Crippen molar-refractivity contribution in [2.24, 2.45) is 0 Å². The third-order valence-electron chi connectivity index (χ3n) is 2.44. The number of ketones is 1. The lowest BCUT2D eigenvalue weighted by Gasteiger charge is -2.01. The highest BCUT2D eigenvalue weighted by Crippen LogP contribution is 2.27. The molecule has 0 fully saturated rings. The highest BCUT2D eigenvalue weighted by atomic mass is 79.9. The maximum Gasteiger partial charge on any atom is 0.168 e. The van der Waals surface area contributed by atoms with E-state index < -0.39 is 0 Å². The molecule has 0 unspecified atom stereocenters. The molecule has 4 heteroatoms. The van der Waals surface area contributed by atoms with Gasteiger partial charge in [-0.3, -0.25) is 4.79 Å². The molecule has 0 saturated carbocycles. The zero-order valence-electron chi connectivity index (χ0n) is 9.17. The molecule has 0 amide bonds. The van der Waals surface area contributed by atoms with Gasteiger partial charge in [0.2, 0.25) is 0 Å². The van der Waals surface area contributed by atoms with Gasteiger partial charge in [-0.15, -0.1) is 11.3 Å². The molecule has 1 aromatic heterocycles. The lowest BCUT2D eigenvalue weighted by molar-refractivity contribution is 0.0993. The highest BCUT2D eigenvalue weighted by molar-refractivity contribution is 9.11. The zero-order chi connectivity index (χ0) is 12.4. The van der Waals surface area contributed by atoms with Crippen LogP contribution in [-0.4, -0.2) is 5.78 Å². The van der Waals surface area contributed by atoms with Crippen LogP contribution >= 0.6 is 38.9 Å². The van der Waals surface area contributed by atoms with Crippen LogP contribution in [0, 0.1) is 6.92 Å². The third kappa shape index (κ3) is 3.18. The van der Waals surface area contributed by atoms with E-state index in [1.54, 1.807) is 11.3 Å². The molecule has 0 aliphatic carbocycles. The van der Waals surface area contributed by atoms with Crippen LogP contribution in [0.2, 0.25) is 5.02 Å². The Morgan fingerprint density at radius 1 is 1.41 bits per heavy atom. The Morgan fingerprint density at radius 2 is 2.18 bits per heavy atom. The first kappa shape index (κ1) is 12.8. The van der Waals surface area contributed by atoms with Crippen molar-refractivity contribution in [3.8, 4) is 0 Å². The van der Waals surface area contributed by atoms with Crippen molar-refractivity contribution >= 4 is 44.7 Å². The van der Waals surface area contributed by atoms with Crippen LogP contribution < -0.4 is 0 Å². The van der Waals surface area contributed by atoms with Gasteiger partial charge in [0.25, 0.3) is 0 Å². The summed E-state index contributed by atoms with van der Waals surface area (Å²) in [5.41, 5.74) is 1.74. The summed E-state index contributed by atoms with van der Waals surface area (Å²) in [5.74, 6) is 0.131. The van der Waals surface area contributed by atoms with Gasteiger partial charge in [-0.05, 0) is 46.6 Å². The molecule has 17 heavy (non-hydrogen) atoms. The lowest BCUT2D eigenvalue weighted by atomic mass is 10.0. The zero-order valence-corrected chi connectivity index (χ0v) is 12.3. The maximum absolute atomic E-state index is 12.1. The second-order valence-corrected chi connectivity index (χ2v) is 6.82. The minimum atomic E-state index is 0.131. The standard InChI is InChI=1S/C13H10BrClOS/c1-8-11(7-13(14)17-8)12(16)6-9-3-2-4-10(15)5-9/h2-5,7H,6H2,1H3. The molecule has 0 spiro atoms.